The summed E-state index contributed by atoms with van der Waals surface area (Å²) in [7, 11) is 4.35. The predicted octanol–water partition coefficient (Wildman–Crippen LogP) is 2.99. The molecule has 1 fully saturated rings. The first kappa shape index (κ1) is 15.0. The fraction of sp³-hybridized carbons (Fsp3) is 1.00. The van der Waals surface area contributed by atoms with E-state index in [1.807, 2.05) is 0 Å². The van der Waals surface area contributed by atoms with Crippen molar-refractivity contribution in [1.82, 2.24) is 10.2 Å². The Bertz CT molecular complexity index is 193. The molecule has 3 unspecified atom stereocenters. The molecule has 0 aliphatic heterocycles. The normalized spacial score (nSPS) is 31.8. The lowest BCUT2D eigenvalue weighted by Gasteiger charge is -2.37. The van der Waals surface area contributed by atoms with Gasteiger partial charge in [-0.3, -0.25) is 0 Å². The van der Waals surface area contributed by atoms with E-state index in [0.29, 0.717) is 0 Å². The predicted molar refractivity (Wildman–Crippen MR) is 76.3 cm³/mol. The molecule has 1 aliphatic rings. The Kier molecular flexibility index (Phi) is 6.50. The molecular weight excluding hydrogens is 208 g/mol. The van der Waals surface area contributed by atoms with Gasteiger partial charge in [-0.2, -0.15) is 0 Å². The SMILES string of the molecule is CCNC(CCN(C)C)C1CC(C)CC(C)C1. The maximum absolute atomic E-state index is 3.72. The summed E-state index contributed by atoms with van der Waals surface area (Å²) in [6, 6.07) is 0.729. The molecule has 0 bridgehead atoms. The van der Waals surface area contributed by atoms with E-state index in [-0.39, 0.29) is 0 Å². The maximum atomic E-state index is 3.72. The van der Waals surface area contributed by atoms with E-state index in [4.69, 9.17) is 0 Å². The Balaban J connectivity index is 2.49. The van der Waals surface area contributed by atoms with Crippen LogP contribution >= 0.6 is 0 Å². The number of hydrogen-bond donors (Lipinski definition) is 1. The first-order chi connectivity index (χ1) is 8.02. The summed E-state index contributed by atoms with van der Waals surface area (Å²) in [6.45, 7) is 9.40. The van der Waals surface area contributed by atoms with Crippen molar-refractivity contribution in [2.45, 2.75) is 52.5 Å². The zero-order valence-corrected chi connectivity index (χ0v) is 12.5. The van der Waals surface area contributed by atoms with Crippen LogP contribution in [0.5, 0.6) is 0 Å². The van der Waals surface area contributed by atoms with E-state index in [0.717, 1.165) is 30.3 Å². The largest absolute Gasteiger partial charge is 0.314 e. The van der Waals surface area contributed by atoms with Gasteiger partial charge in [0.1, 0.15) is 0 Å². The summed E-state index contributed by atoms with van der Waals surface area (Å²) < 4.78 is 0. The third-order valence-electron chi connectivity index (χ3n) is 4.14. The molecule has 17 heavy (non-hydrogen) atoms. The van der Waals surface area contributed by atoms with Gasteiger partial charge in [0.2, 0.25) is 0 Å². The Morgan fingerprint density at radius 1 is 1.12 bits per heavy atom. The van der Waals surface area contributed by atoms with Gasteiger partial charge in [-0.15, -0.1) is 0 Å². The third kappa shape index (κ3) is 5.39. The van der Waals surface area contributed by atoms with Gasteiger partial charge < -0.3 is 10.2 Å². The highest BCUT2D eigenvalue weighted by Gasteiger charge is 2.29. The first-order valence-corrected chi connectivity index (χ1v) is 7.41. The summed E-state index contributed by atoms with van der Waals surface area (Å²) in [5.74, 6) is 2.74. The van der Waals surface area contributed by atoms with E-state index in [1.54, 1.807) is 0 Å². The summed E-state index contributed by atoms with van der Waals surface area (Å²) in [6.07, 6.45) is 5.58. The number of nitrogens with zero attached hydrogens (tertiary/aromatic N) is 1. The molecule has 0 radical (unpaired) electrons. The minimum absolute atomic E-state index is 0.729. The quantitative estimate of drug-likeness (QED) is 0.768. The molecule has 2 nitrogen and oxygen atoms in total. The van der Waals surface area contributed by atoms with Crippen molar-refractivity contribution in [3.8, 4) is 0 Å². The van der Waals surface area contributed by atoms with Crippen LogP contribution in [-0.2, 0) is 0 Å². The molecule has 1 N–H and O–H groups in total. The zero-order chi connectivity index (χ0) is 12.8. The molecule has 0 saturated heterocycles. The number of rotatable bonds is 6. The lowest BCUT2D eigenvalue weighted by molar-refractivity contribution is 0.166. The summed E-state index contributed by atoms with van der Waals surface area (Å²) in [5, 5.41) is 3.72. The van der Waals surface area contributed by atoms with Crippen molar-refractivity contribution in [1.29, 1.82) is 0 Å². The lowest BCUT2D eigenvalue weighted by Crippen LogP contribution is -2.41. The van der Waals surface area contributed by atoms with Crippen molar-refractivity contribution in [2.75, 3.05) is 27.2 Å². The molecule has 1 rings (SSSR count). The van der Waals surface area contributed by atoms with Crippen LogP contribution in [0.25, 0.3) is 0 Å². The monoisotopic (exact) mass is 240 g/mol. The Labute approximate surface area is 108 Å². The fourth-order valence-electron chi connectivity index (χ4n) is 3.50. The molecule has 1 aliphatic carbocycles. The van der Waals surface area contributed by atoms with Gasteiger partial charge >= 0.3 is 0 Å². The number of nitrogens with one attached hydrogen (secondary N) is 1. The molecule has 0 aromatic rings. The Morgan fingerprint density at radius 3 is 2.18 bits per heavy atom. The highest BCUT2D eigenvalue weighted by Crippen LogP contribution is 2.35. The first-order valence-electron chi connectivity index (χ1n) is 7.41. The molecule has 0 aromatic carbocycles. The Hall–Kier alpha value is -0.0800. The average molecular weight is 240 g/mol. The van der Waals surface area contributed by atoms with Gasteiger partial charge in [0, 0.05) is 6.04 Å². The molecule has 2 heteroatoms. The van der Waals surface area contributed by atoms with Crippen LogP contribution in [-0.4, -0.2) is 38.1 Å². The van der Waals surface area contributed by atoms with Crippen LogP contribution in [0.4, 0.5) is 0 Å². The van der Waals surface area contributed by atoms with E-state index in [9.17, 15) is 0 Å². The highest BCUT2D eigenvalue weighted by atomic mass is 15.1. The van der Waals surface area contributed by atoms with Crippen LogP contribution in [0.2, 0.25) is 0 Å². The molecule has 0 amide bonds. The summed E-state index contributed by atoms with van der Waals surface area (Å²) in [4.78, 5) is 2.31. The van der Waals surface area contributed by atoms with Crippen LogP contribution < -0.4 is 5.32 Å². The van der Waals surface area contributed by atoms with E-state index >= 15 is 0 Å². The van der Waals surface area contributed by atoms with Gasteiger partial charge in [-0.25, -0.2) is 0 Å². The van der Waals surface area contributed by atoms with Crippen molar-refractivity contribution in [3.05, 3.63) is 0 Å². The van der Waals surface area contributed by atoms with Gasteiger partial charge in [-0.1, -0.05) is 20.8 Å². The highest BCUT2D eigenvalue weighted by molar-refractivity contribution is 4.84. The minimum Gasteiger partial charge on any atom is -0.314 e. The van der Waals surface area contributed by atoms with Crippen molar-refractivity contribution < 1.29 is 0 Å². The van der Waals surface area contributed by atoms with Crippen LogP contribution in [0.1, 0.15) is 46.5 Å². The van der Waals surface area contributed by atoms with Crippen molar-refractivity contribution in [3.63, 3.8) is 0 Å². The maximum Gasteiger partial charge on any atom is 0.0108 e. The molecule has 0 aromatic heterocycles. The van der Waals surface area contributed by atoms with Gasteiger partial charge in [-0.05, 0) is 70.6 Å². The van der Waals surface area contributed by atoms with Gasteiger partial charge in [0.25, 0.3) is 0 Å². The molecule has 1 saturated carbocycles. The van der Waals surface area contributed by atoms with Crippen LogP contribution in [0, 0.1) is 17.8 Å². The minimum atomic E-state index is 0.729. The topological polar surface area (TPSA) is 15.3 Å². The molecular formula is C15H32N2. The second-order valence-electron chi connectivity index (χ2n) is 6.43. The fourth-order valence-corrected chi connectivity index (χ4v) is 3.50. The average Bonchev–Trinajstić information content (AvgIpc) is 2.22. The third-order valence-corrected chi connectivity index (χ3v) is 4.14. The van der Waals surface area contributed by atoms with E-state index < -0.39 is 0 Å². The second-order valence-corrected chi connectivity index (χ2v) is 6.43. The Morgan fingerprint density at radius 2 is 1.71 bits per heavy atom. The molecule has 0 heterocycles. The van der Waals surface area contributed by atoms with E-state index in [1.165, 1.54) is 32.2 Å². The van der Waals surface area contributed by atoms with Gasteiger partial charge in [0.15, 0.2) is 0 Å². The molecule has 3 atom stereocenters. The van der Waals surface area contributed by atoms with E-state index in [2.05, 4.69) is 45.1 Å². The molecule has 102 valence electrons. The van der Waals surface area contributed by atoms with Crippen LogP contribution in [0.3, 0.4) is 0 Å². The van der Waals surface area contributed by atoms with Gasteiger partial charge in [0.05, 0.1) is 0 Å². The van der Waals surface area contributed by atoms with Crippen molar-refractivity contribution in [2.24, 2.45) is 17.8 Å². The smallest absolute Gasteiger partial charge is 0.0108 e. The van der Waals surface area contributed by atoms with Crippen molar-refractivity contribution >= 4 is 0 Å². The standard InChI is InChI=1S/C15H32N2/c1-6-16-15(7-8-17(4)5)14-10-12(2)9-13(3)11-14/h12-16H,6-11H2,1-5H3. The zero-order valence-electron chi connectivity index (χ0n) is 12.5. The lowest BCUT2D eigenvalue weighted by atomic mass is 9.73. The number of hydrogen-bond acceptors (Lipinski definition) is 2. The second kappa shape index (κ2) is 7.38. The van der Waals surface area contributed by atoms with Crippen LogP contribution in [0.15, 0.2) is 0 Å². The summed E-state index contributed by atoms with van der Waals surface area (Å²) >= 11 is 0. The summed E-state index contributed by atoms with van der Waals surface area (Å²) in [5.41, 5.74) is 0. The molecule has 0 spiro atoms.